The molecule has 5 heteroatoms. The van der Waals surface area contributed by atoms with Crippen LogP contribution in [0.25, 0.3) is 0 Å². The molecule has 0 saturated heterocycles. The van der Waals surface area contributed by atoms with Crippen molar-refractivity contribution >= 4 is 5.97 Å². The average molecular weight is 287 g/mol. The van der Waals surface area contributed by atoms with E-state index < -0.39 is 11.5 Å². The van der Waals surface area contributed by atoms with E-state index in [9.17, 15) is 9.90 Å². The molecular formula is C15H33N3O2. The van der Waals surface area contributed by atoms with Crippen LogP contribution in [0.5, 0.6) is 0 Å². The van der Waals surface area contributed by atoms with Crippen molar-refractivity contribution < 1.29 is 9.90 Å². The minimum atomic E-state index is -0.751. The average Bonchev–Trinajstić information content (AvgIpc) is 2.36. The molecule has 20 heavy (non-hydrogen) atoms. The van der Waals surface area contributed by atoms with Crippen LogP contribution in [0.2, 0.25) is 0 Å². The van der Waals surface area contributed by atoms with Gasteiger partial charge in [0.2, 0.25) is 0 Å². The van der Waals surface area contributed by atoms with Gasteiger partial charge in [0.1, 0.15) is 5.54 Å². The van der Waals surface area contributed by atoms with Gasteiger partial charge in [0.25, 0.3) is 0 Å². The molecule has 0 aromatic heterocycles. The first kappa shape index (κ1) is 19.4. The molecule has 0 saturated carbocycles. The Bertz CT molecular complexity index is 272. The van der Waals surface area contributed by atoms with E-state index in [-0.39, 0.29) is 0 Å². The summed E-state index contributed by atoms with van der Waals surface area (Å²) in [4.78, 5) is 16.0. The molecule has 0 aromatic carbocycles. The number of nitrogens with one attached hydrogen (secondary N) is 1. The van der Waals surface area contributed by atoms with Gasteiger partial charge >= 0.3 is 5.97 Å². The van der Waals surface area contributed by atoms with Crippen LogP contribution in [0.4, 0.5) is 0 Å². The number of hydrogen-bond acceptors (Lipinski definition) is 4. The first-order chi connectivity index (χ1) is 9.38. The molecule has 120 valence electrons. The smallest absolute Gasteiger partial charge is 0.323 e. The van der Waals surface area contributed by atoms with Crippen molar-refractivity contribution in [3.63, 3.8) is 0 Å². The Morgan fingerprint density at radius 2 is 1.70 bits per heavy atom. The summed E-state index contributed by atoms with van der Waals surface area (Å²) in [7, 11) is 6.27. The number of carbonyl (C=O) groups is 1. The number of likely N-dealkylation sites (N-methyl/N-ethyl adjacent to an activating group) is 1. The number of rotatable bonds is 12. The Morgan fingerprint density at radius 1 is 1.10 bits per heavy atom. The second-order valence-electron chi connectivity index (χ2n) is 5.83. The number of hydrogen-bond donors (Lipinski definition) is 2. The molecule has 1 unspecified atom stereocenters. The van der Waals surface area contributed by atoms with Crippen LogP contribution in [-0.2, 0) is 4.79 Å². The summed E-state index contributed by atoms with van der Waals surface area (Å²) in [5, 5.41) is 12.6. The quantitative estimate of drug-likeness (QED) is 0.569. The highest BCUT2D eigenvalue weighted by Crippen LogP contribution is 2.18. The summed E-state index contributed by atoms with van der Waals surface area (Å²) in [6.07, 6.45) is 3.37. The van der Waals surface area contributed by atoms with Gasteiger partial charge in [0.15, 0.2) is 0 Å². The third-order valence-corrected chi connectivity index (χ3v) is 3.82. The van der Waals surface area contributed by atoms with Crippen LogP contribution in [0.15, 0.2) is 0 Å². The third-order valence-electron chi connectivity index (χ3n) is 3.82. The zero-order valence-corrected chi connectivity index (χ0v) is 13.9. The summed E-state index contributed by atoms with van der Waals surface area (Å²) in [5.41, 5.74) is -0.751. The van der Waals surface area contributed by atoms with Gasteiger partial charge in [-0.2, -0.15) is 0 Å². The minimum absolute atomic E-state index is 0.626. The van der Waals surface area contributed by atoms with E-state index >= 15 is 0 Å². The first-order valence-electron chi connectivity index (χ1n) is 7.69. The second-order valence-corrected chi connectivity index (χ2v) is 5.83. The number of carboxylic acid groups (broad SMARTS) is 1. The Hall–Kier alpha value is -0.650. The maximum atomic E-state index is 11.5. The molecule has 0 aromatic rings. The van der Waals surface area contributed by atoms with E-state index in [2.05, 4.69) is 36.3 Å². The molecule has 0 amide bonds. The van der Waals surface area contributed by atoms with Crippen LogP contribution < -0.4 is 5.32 Å². The molecule has 0 aliphatic rings. The first-order valence-corrected chi connectivity index (χ1v) is 7.69. The standard InChI is InChI=1S/C15H33N3O2/c1-6-15(14(19)20,16-7-2)10-8-12-18(5)13-9-11-17(3)4/h16H,6-13H2,1-5H3,(H,19,20). The van der Waals surface area contributed by atoms with Gasteiger partial charge in [-0.05, 0) is 73.0 Å². The topological polar surface area (TPSA) is 55.8 Å². The predicted molar refractivity (Wildman–Crippen MR) is 84.2 cm³/mol. The molecule has 1 atom stereocenters. The number of aliphatic carboxylic acids is 1. The van der Waals surface area contributed by atoms with Gasteiger partial charge in [-0.3, -0.25) is 4.79 Å². The van der Waals surface area contributed by atoms with E-state index in [0.717, 1.165) is 32.5 Å². The fraction of sp³-hybridized carbons (Fsp3) is 0.933. The Morgan fingerprint density at radius 3 is 2.15 bits per heavy atom. The summed E-state index contributed by atoms with van der Waals surface area (Å²) >= 11 is 0. The van der Waals surface area contributed by atoms with E-state index in [0.29, 0.717) is 19.4 Å². The highest BCUT2D eigenvalue weighted by atomic mass is 16.4. The van der Waals surface area contributed by atoms with Crippen LogP contribution >= 0.6 is 0 Å². The predicted octanol–water partition coefficient (Wildman–Crippen LogP) is 1.49. The van der Waals surface area contributed by atoms with Crippen molar-refractivity contribution in [2.75, 3.05) is 47.3 Å². The molecule has 0 heterocycles. The zero-order valence-electron chi connectivity index (χ0n) is 13.9. The van der Waals surface area contributed by atoms with Crippen molar-refractivity contribution in [3.05, 3.63) is 0 Å². The maximum absolute atomic E-state index is 11.5. The van der Waals surface area contributed by atoms with Crippen LogP contribution in [0, 0.1) is 0 Å². The van der Waals surface area contributed by atoms with Crippen molar-refractivity contribution in [3.8, 4) is 0 Å². The lowest BCUT2D eigenvalue weighted by Gasteiger charge is -2.30. The lowest BCUT2D eigenvalue weighted by Crippen LogP contribution is -2.51. The normalized spacial score (nSPS) is 14.8. The number of carboxylic acids is 1. The lowest BCUT2D eigenvalue weighted by molar-refractivity contribution is -0.145. The molecule has 0 bridgehead atoms. The summed E-state index contributed by atoms with van der Waals surface area (Å²) in [6, 6.07) is 0. The summed E-state index contributed by atoms with van der Waals surface area (Å²) < 4.78 is 0. The van der Waals surface area contributed by atoms with Gasteiger partial charge < -0.3 is 20.2 Å². The molecule has 5 nitrogen and oxygen atoms in total. The van der Waals surface area contributed by atoms with E-state index in [4.69, 9.17) is 0 Å². The van der Waals surface area contributed by atoms with Crippen molar-refractivity contribution in [1.29, 1.82) is 0 Å². The van der Waals surface area contributed by atoms with Gasteiger partial charge in [0, 0.05) is 0 Å². The SMILES string of the molecule is CCNC(CC)(CCCN(C)CCCN(C)C)C(=O)O. The number of nitrogens with zero attached hydrogens (tertiary/aromatic N) is 2. The fourth-order valence-corrected chi connectivity index (χ4v) is 2.48. The molecule has 0 radical (unpaired) electrons. The van der Waals surface area contributed by atoms with Gasteiger partial charge in [-0.25, -0.2) is 0 Å². The van der Waals surface area contributed by atoms with Crippen molar-refractivity contribution in [1.82, 2.24) is 15.1 Å². The Labute approximate surface area is 124 Å². The fourth-order valence-electron chi connectivity index (χ4n) is 2.48. The molecule has 0 fully saturated rings. The maximum Gasteiger partial charge on any atom is 0.323 e. The molecular weight excluding hydrogens is 254 g/mol. The molecule has 0 rings (SSSR count). The highest BCUT2D eigenvalue weighted by molar-refractivity contribution is 5.78. The summed E-state index contributed by atoms with van der Waals surface area (Å²) in [5.74, 6) is -0.725. The highest BCUT2D eigenvalue weighted by Gasteiger charge is 2.34. The lowest BCUT2D eigenvalue weighted by atomic mass is 9.90. The zero-order chi connectivity index (χ0) is 15.6. The van der Waals surface area contributed by atoms with Crippen LogP contribution in [-0.4, -0.2) is 73.7 Å². The minimum Gasteiger partial charge on any atom is -0.480 e. The van der Waals surface area contributed by atoms with E-state index in [1.807, 2.05) is 13.8 Å². The largest absolute Gasteiger partial charge is 0.480 e. The Balaban J connectivity index is 4.07. The van der Waals surface area contributed by atoms with Crippen LogP contribution in [0.1, 0.15) is 39.5 Å². The third kappa shape index (κ3) is 7.22. The van der Waals surface area contributed by atoms with Gasteiger partial charge in [-0.15, -0.1) is 0 Å². The van der Waals surface area contributed by atoms with Gasteiger partial charge in [0.05, 0.1) is 0 Å². The van der Waals surface area contributed by atoms with E-state index in [1.165, 1.54) is 0 Å². The summed E-state index contributed by atoms with van der Waals surface area (Å²) in [6.45, 7) is 7.70. The van der Waals surface area contributed by atoms with Crippen molar-refractivity contribution in [2.24, 2.45) is 0 Å². The molecule has 0 aliphatic heterocycles. The monoisotopic (exact) mass is 287 g/mol. The molecule has 2 N–H and O–H groups in total. The van der Waals surface area contributed by atoms with Gasteiger partial charge in [-0.1, -0.05) is 13.8 Å². The van der Waals surface area contributed by atoms with Crippen molar-refractivity contribution in [2.45, 2.75) is 45.1 Å². The second kappa shape index (κ2) is 10.1. The molecule has 0 spiro atoms. The van der Waals surface area contributed by atoms with E-state index in [1.54, 1.807) is 0 Å². The van der Waals surface area contributed by atoms with Crippen LogP contribution in [0.3, 0.4) is 0 Å². The molecule has 0 aliphatic carbocycles. The Kier molecular flexibility index (Phi) is 9.80.